The third-order valence-corrected chi connectivity index (χ3v) is 6.91. The molecule has 0 aliphatic carbocycles. The molecule has 0 bridgehead atoms. The highest BCUT2D eigenvalue weighted by Crippen LogP contribution is 2.32. The zero-order chi connectivity index (χ0) is 25.4. The fourth-order valence-electron chi connectivity index (χ4n) is 4.30. The smallest absolute Gasteiger partial charge is 0.445 e. The van der Waals surface area contributed by atoms with Gasteiger partial charge < -0.3 is 19.3 Å². The van der Waals surface area contributed by atoms with Crippen molar-refractivity contribution < 1.29 is 40.7 Å². The van der Waals surface area contributed by atoms with Crippen LogP contribution in [0.5, 0.6) is 5.75 Å². The van der Waals surface area contributed by atoms with E-state index >= 15 is 0 Å². The first-order chi connectivity index (χ1) is 16.4. The Hall–Kier alpha value is -3.32. The molecule has 9 nitrogen and oxygen atoms in total. The molecule has 2 saturated heterocycles. The Balaban J connectivity index is 1.26. The normalized spacial score (nSPS) is 20.0. The van der Waals surface area contributed by atoms with E-state index in [1.165, 1.54) is 36.4 Å². The fourth-order valence-corrected chi connectivity index (χ4v) is 4.82. The van der Waals surface area contributed by atoms with Gasteiger partial charge in [0, 0.05) is 43.6 Å². The first-order valence-electron chi connectivity index (χ1n) is 10.6. The van der Waals surface area contributed by atoms with Crippen LogP contribution in [0.3, 0.4) is 0 Å². The molecule has 0 spiro atoms. The molecule has 2 fully saturated rings. The minimum absolute atomic E-state index is 0.0768. The lowest BCUT2D eigenvalue weighted by atomic mass is 10.0. The van der Waals surface area contributed by atoms with Crippen molar-refractivity contribution in [2.45, 2.75) is 17.9 Å². The summed E-state index contributed by atoms with van der Waals surface area (Å²) in [4.78, 5) is 28.4. The van der Waals surface area contributed by atoms with Crippen molar-refractivity contribution in [3.63, 3.8) is 0 Å². The van der Waals surface area contributed by atoms with E-state index in [2.05, 4.69) is 4.74 Å². The number of likely N-dealkylation sites (tertiary alicyclic amines) is 2. The van der Waals surface area contributed by atoms with Gasteiger partial charge in [-0.25, -0.2) is 18.4 Å². The van der Waals surface area contributed by atoms with E-state index in [0.717, 1.165) is 12.1 Å². The molecule has 0 saturated carbocycles. The number of halogens is 3. The summed E-state index contributed by atoms with van der Waals surface area (Å²) in [6.45, 7) is 1.62. The second-order valence-electron chi connectivity index (χ2n) is 8.45. The Kier molecular flexibility index (Phi) is 6.64. The van der Waals surface area contributed by atoms with Crippen molar-refractivity contribution in [3.8, 4) is 5.75 Å². The highest BCUT2D eigenvalue weighted by Gasteiger charge is 2.43. The van der Waals surface area contributed by atoms with Gasteiger partial charge in [-0.2, -0.15) is 0 Å². The molecule has 0 radical (unpaired) electrons. The molecule has 0 unspecified atom stereocenters. The second kappa shape index (κ2) is 9.38. The largest absolute Gasteiger partial charge is 0.573 e. The number of carbonyl (C=O) groups is 2. The van der Waals surface area contributed by atoms with Crippen molar-refractivity contribution in [3.05, 3.63) is 59.7 Å². The number of ether oxygens (including phenoxy) is 2. The predicted octanol–water partition coefficient (Wildman–Crippen LogP) is 2.57. The first kappa shape index (κ1) is 24.8. The molecule has 2 aromatic rings. The lowest BCUT2D eigenvalue weighted by molar-refractivity contribution is -0.274. The predicted molar refractivity (Wildman–Crippen MR) is 116 cm³/mol. The van der Waals surface area contributed by atoms with Crippen LogP contribution in [-0.4, -0.2) is 62.8 Å². The average molecular weight is 513 g/mol. The standard InChI is InChI=1S/C22H22F3N3O6S/c23-22(24,25)34-18-5-1-14(2-6-18)13-33-21(30)28-11-16-9-27(10-17(16)12-28)20(29)15-3-7-19(8-4-15)35(26,31)32/h1-8,16-17H,9-13H2,(H2,26,31,32)/t16-,17+. The van der Waals surface area contributed by atoms with Gasteiger partial charge in [0.2, 0.25) is 10.0 Å². The molecular weight excluding hydrogens is 491 g/mol. The van der Waals surface area contributed by atoms with Gasteiger partial charge in [0.1, 0.15) is 12.4 Å². The monoisotopic (exact) mass is 513 g/mol. The molecule has 188 valence electrons. The van der Waals surface area contributed by atoms with Crippen molar-refractivity contribution in [2.24, 2.45) is 17.0 Å². The van der Waals surface area contributed by atoms with Crippen LogP contribution in [0.25, 0.3) is 0 Å². The number of sulfonamides is 1. The van der Waals surface area contributed by atoms with Crippen LogP contribution >= 0.6 is 0 Å². The van der Waals surface area contributed by atoms with Gasteiger partial charge >= 0.3 is 12.5 Å². The Morgan fingerprint density at radius 1 is 0.914 bits per heavy atom. The number of hydrogen-bond acceptors (Lipinski definition) is 6. The molecule has 2 N–H and O–H groups in total. The van der Waals surface area contributed by atoms with Crippen LogP contribution in [0, 0.1) is 11.8 Å². The van der Waals surface area contributed by atoms with Crippen LogP contribution in [0.15, 0.2) is 53.4 Å². The number of carbonyl (C=O) groups excluding carboxylic acids is 2. The molecule has 2 aliphatic rings. The quantitative estimate of drug-likeness (QED) is 0.657. The second-order valence-corrected chi connectivity index (χ2v) is 10.0. The zero-order valence-electron chi connectivity index (χ0n) is 18.3. The van der Waals surface area contributed by atoms with Crippen LogP contribution in [0.4, 0.5) is 18.0 Å². The van der Waals surface area contributed by atoms with E-state index in [1.807, 2.05) is 0 Å². The minimum atomic E-state index is -4.78. The molecule has 2 aliphatic heterocycles. The molecule has 2 heterocycles. The Morgan fingerprint density at radius 2 is 1.46 bits per heavy atom. The fraction of sp³-hybridized carbons (Fsp3) is 0.364. The average Bonchev–Trinajstić information content (AvgIpc) is 3.36. The maximum absolute atomic E-state index is 12.8. The third-order valence-electron chi connectivity index (χ3n) is 5.98. The van der Waals surface area contributed by atoms with Gasteiger partial charge in [0.25, 0.3) is 5.91 Å². The number of nitrogens with zero attached hydrogens (tertiary/aromatic N) is 2. The molecule has 2 amide bonds. The summed E-state index contributed by atoms with van der Waals surface area (Å²) in [6, 6.07) is 10.5. The molecule has 2 atom stereocenters. The molecule has 4 rings (SSSR count). The van der Waals surface area contributed by atoms with Crippen molar-refractivity contribution in [1.82, 2.24) is 9.80 Å². The lowest BCUT2D eigenvalue weighted by Crippen LogP contribution is -2.35. The first-order valence-corrected chi connectivity index (χ1v) is 12.1. The zero-order valence-corrected chi connectivity index (χ0v) is 19.1. The molecule has 35 heavy (non-hydrogen) atoms. The number of alkyl halides is 3. The number of hydrogen-bond donors (Lipinski definition) is 1. The summed E-state index contributed by atoms with van der Waals surface area (Å²) in [5.74, 6) is -0.435. The van der Waals surface area contributed by atoms with E-state index in [0.29, 0.717) is 37.3 Å². The van der Waals surface area contributed by atoms with Crippen LogP contribution in [0.2, 0.25) is 0 Å². The van der Waals surface area contributed by atoms with Gasteiger partial charge in [-0.3, -0.25) is 4.79 Å². The number of nitrogens with two attached hydrogens (primary N) is 1. The van der Waals surface area contributed by atoms with Crippen LogP contribution in [-0.2, 0) is 21.4 Å². The van der Waals surface area contributed by atoms with Crippen molar-refractivity contribution in [1.29, 1.82) is 0 Å². The number of amides is 2. The topological polar surface area (TPSA) is 119 Å². The van der Waals surface area contributed by atoms with E-state index < -0.39 is 22.5 Å². The third kappa shape index (κ3) is 6.03. The Morgan fingerprint density at radius 3 is 1.97 bits per heavy atom. The summed E-state index contributed by atoms with van der Waals surface area (Å²) in [6.07, 6.45) is -5.31. The molecule has 13 heteroatoms. The van der Waals surface area contributed by atoms with Crippen LogP contribution < -0.4 is 9.88 Å². The van der Waals surface area contributed by atoms with Crippen molar-refractivity contribution in [2.75, 3.05) is 26.2 Å². The maximum atomic E-state index is 12.8. The van der Waals surface area contributed by atoms with Crippen molar-refractivity contribution >= 4 is 22.0 Å². The summed E-state index contributed by atoms with van der Waals surface area (Å²) in [7, 11) is -3.84. The van der Waals surface area contributed by atoms with Gasteiger partial charge in [-0.1, -0.05) is 12.1 Å². The SMILES string of the molecule is NS(=O)(=O)c1ccc(C(=O)N2C[C@H]3CN(C(=O)OCc4ccc(OC(F)(F)F)cc4)C[C@H]3C2)cc1. The summed E-state index contributed by atoms with van der Waals surface area (Å²) in [5.41, 5.74) is 0.859. The molecule has 2 aromatic carbocycles. The van der Waals surface area contributed by atoms with Gasteiger partial charge in [0.05, 0.1) is 4.90 Å². The highest BCUT2D eigenvalue weighted by molar-refractivity contribution is 7.89. The van der Waals surface area contributed by atoms with Gasteiger partial charge in [-0.15, -0.1) is 13.2 Å². The number of primary sulfonamides is 1. The Labute approximate surface area is 199 Å². The van der Waals surface area contributed by atoms with Crippen LogP contribution in [0.1, 0.15) is 15.9 Å². The number of benzene rings is 2. The van der Waals surface area contributed by atoms with E-state index in [9.17, 15) is 31.2 Å². The molecular formula is C22H22F3N3O6S. The Bertz CT molecular complexity index is 1190. The summed E-state index contributed by atoms with van der Waals surface area (Å²) in [5, 5.41) is 5.08. The maximum Gasteiger partial charge on any atom is 0.573 e. The number of fused-ring (bicyclic) bond motifs is 1. The summed E-state index contributed by atoms with van der Waals surface area (Å²) >= 11 is 0. The summed E-state index contributed by atoms with van der Waals surface area (Å²) < 4.78 is 68.5. The van der Waals surface area contributed by atoms with Gasteiger partial charge in [0.15, 0.2) is 0 Å². The van der Waals surface area contributed by atoms with E-state index in [4.69, 9.17) is 9.88 Å². The highest BCUT2D eigenvalue weighted by atomic mass is 32.2. The van der Waals surface area contributed by atoms with E-state index in [1.54, 1.807) is 9.80 Å². The number of rotatable bonds is 5. The van der Waals surface area contributed by atoms with E-state index in [-0.39, 0.29) is 35.0 Å². The molecule has 0 aromatic heterocycles. The van der Waals surface area contributed by atoms with Gasteiger partial charge in [-0.05, 0) is 42.0 Å². The minimum Gasteiger partial charge on any atom is -0.445 e. The lowest BCUT2D eigenvalue weighted by Gasteiger charge is -2.21.